The van der Waals surface area contributed by atoms with Crippen molar-refractivity contribution in [2.75, 3.05) is 0 Å². The van der Waals surface area contributed by atoms with Gasteiger partial charge in [-0.25, -0.2) is 0 Å². The van der Waals surface area contributed by atoms with Crippen molar-refractivity contribution < 1.29 is 17.1 Å². The molecule has 2 rings (SSSR count). The topological polar surface area (TPSA) is 0 Å². The largest absolute Gasteiger partial charge is 0.152 e. The van der Waals surface area contributed by atoms with Gasteiger partial charge in [-0.3, -0.25) is 0 Å². The van der Waals surface area contributed by atoms with Crippen molar-refractivity contribution in [3.63, 3.8) is 0 Å². The average Bonchev–Trinajstić information content (AvgIpc) is 2.67. The standard InChI is InChI=1S/2C4H4S.Cu.Li.H/c2*1-2-4-5-3-1;;;/h2*1-4H;;;. The number of thiophene rings is 2. The Morgan fingerprint density at radius 2 is 0.833 bits per heavy atom. The van der Waals surface area contributed by atoms with Gasteiger partial charge in [-0.05, 0) is 21.5 Å². The van der Waals surface area contributed by atoms with Gasteiger partial charge in [0.1, 0.15) is 0 Å². The first-order valence-electron chi connectivity index (χ1n) is 2.94. The van der Waals surface area contributed by atoms with E-state index in [0.29, 0.717) is 0 Å². The van der Waals surface area contributed by atoms with Crippen LogP contribution in [-0.2, 0) is 17.1 Å². The van der Waals surface area contributed by atoms with Crippen LogP contribution in [0.5, 0.6) is 0 Å². The Balaban J connectivity index is 0. The first-order chi connectivity index (χ1) is 5.00. The summed E-state index contributed by atoms with van der Waals surface area (Å²) in [5.41, 5.74) is 0. The van der Waals surface area contributed by atoms with Crippen molar-refractivity contribution in [2.45, 2.75) is 0 Å². The Kier molecular flexibility index (Phi) is 14.4. The normalized spacial score (nSPS) is 6.67. The molecule has 0 saturated carbocycles. The van der Waals surface area contributed by atoms with Crippen molar-refractivity contribution in [1.29, 1.82) is 0 Å². The van der Waals surface area contributed by atoms with Crippen LogP contribution in [0, 0.1) is 0 Å². The summed E-state index contributed by atoms with van der Waals surface area (Å²) in [6, 6.07) is 8.07. The molecule has 0 fully saturated rings. The minimum atomic E-state index is 0. The molecule has 2 aromatic heterocycles. The number of rotatable bonds is 0. The van der Waals surface area contributed by atoms with Gasteiger partial charge < -0.3 is 0 Å². The first kappa shape index (κ1) is 15.0. The molecule has 12 heavy (non-hydrogen) atoms. The summed E-state index contributed by atoms with van der Waals surface area (Å²) in [6.45, 7) is 0. The van der Waals surface area contributed by atoms with E-state index < -0.39 is 0 Å². The van der Waals surface area contributed by atoms with Crippen molar-refractivity contribution in [2.24, 2.45) is 0 Å². The maximum absolute atomic E-state index is 2.04. The molecular weight excluding hydrogens is 231 g/mol. The van der Waals surface area contributed by atoms with Crippen molar-refractivity contribution in [1.82, 2.24) is 0 Å². The van der Waals surface area contributed by atoms with Gasteiger partial charge in [-0.1, -0.05) is 24.3 Å². The Bertz CT molecular complexity index is 156. The molecule has 1 radical (unpaired) electrons. The zero-order valence-electron chi connectivity index (χ0n) is 5.74. The zero-order valence-corrected chi connectivity index (χ0v) is 8.31. The second-order valence-electron chi connectivity index (χ2n) is 1.59. The predicted octanol–water partition coefficient (Wildman–Crippen LogP) is 2.85. The summed E-state index contributed by atoms with van der Waals surface area (Å²) in [4.78, 5) is 0. The maximum Gasteiger partial charge on any atom is -0.00934 e. The molecule has 0 nitrogen and oxygen atoms in total. The molecule has 0 aliphatic heterocycles. The third-order valence-electron chi connectivity index (χ3n) is 0.851. The van der Waals surface area contributed by atoms with Gasteiger partial charge in [0.05, 0.1) is 0 Å². The molecule has 0 saturated heterocycles. The Labute approximate surface area is 104 Å². The van der Waals surface area contributed by atoms with Gasteiger partial charge in [0.15, 0.2) is 0 Å². The van der Waals surface area contributed by atoms with E-state index in [1.165, 1.54) is 0 Å². The summed E-state index contributed by atoms with van der Waals surface area (Å²) in [5.74, 6) is 0. The van der Waals surface area contributed by atoms with Crippen LogP contribution in [0.4, 0.5) is 0 Å². The van der Waals surface area contributed by atoms with E-state index in [4.69, 9.17) is 0 Å². The van der Waals surface area contributed by atoms with E-state index in [1.807, 2.05) is 45.8 Å². The van der Waals surface area contributed by atoms with E-state index in [1.54, 1.807) is 22.7 Å². The molecule has 0 aromatic carbocycles. The molecule has 65 valence electrons. The SMILES string of the molecule is [Cu].[LiH].c1ccsc1.c1ccsc1. The van der Waals surface area contributed by atoms with Gasteiger partial charge in [-0.15, -0.1) is 0 Å². The second kappa shape index (κ2) is 11.5. The summed E-state index contributed by atoms with van der Waals surface area (Å²) in [5, 5.41) is 8.17. The fraction of sp³-hybridized carbons (Fsp3) is 0. The van der Waals surface area contributed by atoms with Crippen molar-refractivity contribution >= 4 is 41.5 Å². The van der Waals surface area contributed by atoms with Crippen LogP contribution in [0.15, 0.2) is 45.8 Å². The van der Waals surface area contributed by atoms with Crippen LogP contribution in [0.2, 0.25) is 0 Å². The Morgan fingerprint density at radius 3 is 0.917 bits per heavy atom. The summed E-state index contributed by atoms with van der Waals surface area (Å²) in [7, 11) is 0. The van der Waals surface area contributed by atoms with Crippen LogP contribution >= 0.6 is 22.7 Å². The molecule has 0 N–H and O–H groups in total. The van der Waals surface area contributed by atoms with Crippen LogP contribution in [0.25, 0.3) is 0 Å². The molecule has 0 aliphatic rings. The van der Waals surface area contributed by atoms with Crippen LogP contribution in [-0.4, -0.2) is 18.9 Å². The quantitative estimate of drug-likeness (QED) is 0.621. The van der Waals surface area contributed by atoms with E-state index >= 15 is 0 Å². The van der Waals surface area contributed by atoms with E-state index in [0.717, 1.165) is 0 Å². The molecule has 4 heteroatoms. The van der Waals surface area contributed by atoms with Gasteiger partial charge >= 0.3 is 18.9 Å². The van der Waals surface area contributed by atoms with Gasteiger partial charge in [-0.2, -0.15) is 22.7 Å². The minimum Gasteiger partial charge on any atom is -0.152 e. The summed E-state index contributed by atoms with van der Waals surface area (Å²) >= 11 is 3.43. The van der Waals surface area contributed by atoms with Gasteiger partial charge in [0.2, 0.25) is 0 Å². The van der Waals surface area contributed by atoms with Crippen molar-refractivity contribution in [3.05, 3.63) is 45.8 Å². The van der Waals surface area contributed by atoms with Gasteiger partial charge in [0, 0.05) is 17.1 Å². The summed E-state index contributed by atoms with van der Waals surface area (Å²) in [6.07, 6.45) is 0. The smallest absolute Gasteiger partial charge is 0.00934 e. The van der Waals surface area contributed by atoms with E-state index in [-0.39, 0.29) is 35.9 Å². The predicted molar refractivity (Wildman–Crippen MR) is 55.8 cm³/mol. The molecule has 0 bridgehead atoms. The molecule has 0 atom stereocenters. The third-order valence-corrected chi connectivity index (χ3v) is 2.11. The number of hydrogen-bond donors (Lipinski definition) is 0. The molecule has 0 spiro atoms. The molecule has 2 aromatic rings. The van der Waals surface area contributed by atoms with Crippen molar-refractivity contribution in [3.8, 4) is 0 Å². The Morgan fingerprint density at radius 1 is 0.583 bits per heavy atom. The third kappa shape index (κ3) is 8.61. The molecule has 0 amide bonds. The minimum absolute atomic E-state index is 0. The maximum atomic E-state index is 2.04. The van der Waals surface area contributed by atoms with E-state index in [9.17, 15) is 0 Å². The van der Waals surface area contributed by atoms with Gasteiger partial charge in [0.25, 0.3) is 0 Å². The van der Waals surface area contributed by atoms with Crippen LogP contribution in [0.1, 0.15) is 0 Å². The zero-order chi connectivity index (χ0) is 7.07. The molecular formula is C8H9CuLiS2. The average molecular weight is 240 g/mol. The monoisotopic (exact) mass is 239 g/mol. The van der Waals surface area contributed by atoms with E-state index in [2.05, 4.69) is 0 Å². The molecule has 0 aliphatic carbocycles. The summed E-state index contributed by atoms with van der Waals surface area (Å²) < 4.78 is 0. The molecule has 2 heterocycles. The fourth-order valence-electron chi connectivity index (χ4n) is 0.454. The fourth-order valence-corrected chi connectivity index (χ4v) is 1.36. The Hall–Kier alpha value is 0.517. The number of hydrogen-bond acceptors (Lipinski definition) is 2. The second-order valence-corrected chi connectivity index (χ2v) is 3.22. The van der Waals surface area contributed by atoms with Crippen LogP contribution < -0.4 is 0 Å². The first-order valence-corrected chi connectivity index (χ1v) is 4.83. The van der Waals surface area contributed by atoms with Crippen LogP contribution in [0.3, 0.4) is 0 Å². The molecule has 0 unspecified atom stereocenters.